The first kappa shape index (κ1) is 47.1. The molecule has 0 bridgehead atoms. The predicted molar refractivity (Wildman–Crippen MR) is 255 cm³/mol. The Balaban J connectivity index is 0.000000181. The fourth-order valence-electron chi connectivity index (χ4n) is 18.5. The molecule has 0 heterocycles. The standard InChI is InChI=1S/C29H50O.C29H48O/c2*1-7-21(19(2)3)9-8-20(4)25-12-13-26-24-11-10-22-18-23(30)14-16-28(22,5)27(24)15-17-29(25,26)6/h10,19-21,23-27,30H,7-9,11-18H2,1-6H3;18-21,24-27H,7-17H2,1-6H3/t20-,21-,23+,24+,25-,26?,27?,28+,29-;20-,21-,24+,25-,26?,27?,28+,29-/m11/s1. The Morgan fingerprint density at radius 1 is 0.583 bits per heavy atom. The fourth-order valence-corrected chi connectivity index (χ4v) is 18.5. The summed E-state index contributed by atoms with van der Waals surface area (Å²) in [6, 6.07) is 0. The summed E-state index contributed by atoms with van der Waals surface area (Å²) in [7, 11) is 0. The van der Waals surface area contributed by atoms with Crippen molar-refractivity contribution >= 4 is 5.78 Å². The number of carbonyl (C=O) groups excluding carboxylic acids is 1. The van der Waals surface area contributed by atoms with E-state index in [4.69, 9.17) is 0 Å². The second-order valence-corrected chi connectivity index (χ2v) is 25.5. The minimum Gasteiger partial charge on any atom is -0.393 e. The van der Waals surface area contributed by atoms with Crippen LogP contribution < -0.4 is 0 Å². The van der Waals surface area contributed by atoms with Crippen LogP contribution in [0.3, 0.4) is 0 Å². The van der Waals surface area contributed by atoms with Gasteiger partial charge in [0.05, 0.1) is 6.10 Å². The maximum absolute atomic E-state index is 12.1. The molecule has 4 unspecified atom stereocenters. The van der Waals surface area contributed by atoms with Gasteiger partial charge in [-0.15, -0.1) is 0 Å². The molecule has 0 aromatic heterocycles. The zero-order chi connectivity index (χ0) is 43.4. The van der Waals surface area contributed by atoms with E-state index in [0.717, 1.165) is 109 Å². The van der Waals surface area contributed by atoms with Gasteiger partial charge in [0, 0.05) is 6.42 Å². The molecular weight excluding hydrogens is 729 g/mol. The van der Waals surface area contributed by atoms with Crippen LogP contribution in [-0.4, -0.2) is 17.0 Å². The molecule has 0 radical (unpaired) electrons. The highest BCUT2D eigenvalue weighted by atomic mass is 16.3. The second-order valence-electron chi connectivity index (χ2n) is 25.5. The SMILES string of the molecule is CC[C@H](CC[C@@H](C)[C@H]1CCC2[C@@H]3CC=C4C[C@@H](O)CC[C@]4(C)C3CC[C@@]21C)C(C)C.CC[C@H](CC[C@@H](C)[C@H]1CCC2[C@@H]3CCC4=CC(=O)CC[C@]4(C)C3CC[C@@]21C)C(C)C. The summed E-state index contributed by atoms with van der Waals surface area (Å²) in [5.41, 5.74) is 5.00. The summed E-state index contributed by atoms with van der Waals surface area (Å²) in [5, 5.41) is 10.2. The van der Waals surface area contributed by atoms with Crippen molar-refractivity contribution in [3.63, 3.8) is 0 Å². The van der Waals surface area contributed by atoms with Gasteiger partial charge in [-0.1, -0.05) is 126 Å². The normalized spacial score (nSPS) is 44.1. The molecule has 2 nitrogen and oxygen atoms in total. The molecule has 6 fully saturated rings. The molecule has 0 aromatic carbocycles. The smallest absolute Gasteiger partial charge is 0.155 e. The van der Waals surface area contributed by atoms with E-state index in [9.17, 15) is 9.90 Å². The molecule has 1 N–H and O–H groups in total. The summed E-state index contributed by atoms with van der Waals surface area (Å²) in [4.78, 5) is 12.1. The first-order chi connectivity index (χ1) is 28.4. The average Bonchev–Trinajstić information content (AvgIpc) is 3.75. The maximum Gasteiger partial charge on any atom is 0.155 e. The fraction of sp³-hybridized carbons (Fsp3) is 0.914. The highest BCUT2D eigenvalue weighted by Crippen LogP contribution is 2.69. The van der Waals surface area contributed by atoms with Crippen molar-refractivity contribution in [2.24, 2.45) is 105 Å². The van der Waals surface area contributed by atoms with Crippen molar-refractivity contribution in [2.45, 2.75) is 230 Å². The molecule has 0 aliphatic heterocycles. The van der Waals surface area contributed by atoms with E-state index < -0.39 is 0 Å². The molecule has 2 heteroatoms. The summed E-state index contributed by atoms with van der Waals surface area (Å²) in [5.74, 6) is 12.9. The molecule has 8 aliphatic rings. The molecule has 17 atom stereocenters. The molecule has 0 saturated heterocycles. The number of hydrogen-bond acceptors (Lipinski definition) is 2. The van der Waals surface area contributed by atoms with Crippen LogP contribution in [0.15, 0.2) is 23.3 Å². The second kappa shape index (κ2) is 18.5. The predicted octanol–water partition coefficient (Wildman–Crippen LogP) is 16.3. The van der Waals surface area contributed by atoms with Crippen molar-refractivity contribution in [2.75, 3.05) is 0 Å². The number of aliphatic hydroxyl groups excluding tert-OH is 1. The highest BCUT2D eigenvalue weighted by Gasteiger charge is 2.61. The van der Waals surface area contributed by atoms with Crippen molar-refractivity contribution in [1.82, 2.24) is 0 Å². The molecule has 0 amide bonds. The molecule has 60 heavy (non-hydrogen) atoms. The molecule has 342 valence electrons. The summed E-state index contributed by atoms with van der Waals surface area (Å²) < 4.78 is 0. The van der Waals surface area contributed by atoms with E-state index in [0.29, 0.717) is 27.4 Å². The van der Waals surface area contributed by atoms with Gasteiger partial charge in [-0.3, -0.25) is 4.79 Å². The third kappa shape index (κ3) is 8.54. The van der Waals surface area contributed by atoms with Crippen LogP contribution in [0.1, 0.15) is 224 Å². The monoisotopic (exact) mass is 827 g/mol. The Morgan fingerprint density at radius 3 is 1.63 bits per heavy atom. The number of allylic oxidation sites excluding steroid dienone is 2. The lowest BCUT2D eigenvalue weighted by molar-refractivity contribution is -0.117. The summed E-state index contributed by atoms with van der Waals surface area (Å²) in [6.45, 7) is 30.1. The first-order valence-corrected chi connectivity index (χ1v) is 27.0. The molecule has 8 rings (SSSR count). The Kier molecular flexibility index (Phi) is 14.5. The van der Waals surface area contributed by atoms with E-state index in [1.165, 1.54) is 121 Å². The van der Waals surface area contributed by atoms with Crippen LogP contribution in [0.25, 0.3) is 0 Å². The van der Waals surface area contributed by atoms with Gasteiger partial charge in [0.25, 0.3) is 0 Å². The van der Waals surface area contributed by atoms with Gasteiger partial charge in [0.15, 0.2) is 5.78 Å². The average molecular weight is 827 g/mol. The number of ketones is 1. The summed E-state index contributed by atoms with van der Waals surface area (Å²) in [6.07, 6.45) is 33.6. The lowest BCUT2D eigenvalue weighted by Crippen LogP contribution is -2.51. The molecule has 8 aliphatic carbocycles. The first-order valence-electron chi connectivity index (χ1n) is 27.0. The van der Waals surface area contributed by atoms with Crippen LogP contribution in [-0.2, 0) is 4.79 Å². The highest BCUT2D eigenvalue weighted by molar-refractivity contribution is 5.91. The Morgan fingerprint density at radius 2 is 1.10 bits per heavy atom. The van der Waals surface area contributed by atoms with Gasteiger partial charge in [0.1, 0.15) is 0 Å². The van der Waals surface area contributed by atoms with Gasteiger partial charge in [-0.2, -0.15) is 0 Å². The third-order valence-corrected chi connectivity index (χ3v) is 22.5. The van der Waals surface area contributed by atoms with Crippen LogP contribution >= 0.6 is 0 Å². The van der Waals surface area contributed by atoms with Crippen molar-refractivity contribution in [3.05, 3.63) is 23.3 Å². The van der Waals surface area contributed by atoms with Crippen molar-refractivity contribution < 1.29 is 9.90 Å². The third-order valence-electron chi connectivity index (χ3n) is 22.5. The van der Waals surface area contributed by atoms with Gasteiger partial charge in [0.2, 0.25) is 0 Å². The van der Waals surface area contributed by atoms with Gasteiger partial charge < -0.3 is 5.11 Å². The van der Waals surface area contributed by atoms with Gasteiger partial charge >= 0.3 is 0 Å². The van der Waals surface area contributed by atoms with Crippen LogP contribution in [0, 0.1) is 105 Å². The number of hydrogen-bond donors (Lipinski definition) is 1. The molecule has 0 aromatic rings. The lowest BCUT2D eigenvalue weighted by Gasteiger charge is -2.58. The van der Waals surface area contributed by atoms with Gasteiger partial charge in [-0.25, -0.2) is 0 Å². The quantitative estimate of drug-likeness (QED) is 0.199. The van der Waals surface area contributed by atoms with Gasteiger partial charge in [-0.05, 0) is 220 Å². The zero-order valence-corrected chi connectivity index (χ0v) is 41.7. The van der Waals surface area contributed by atoms with Crippen molar-refractivity contribution in [1.29, 1.82) is 0 Å². The Bertz CT molecular complexity index is 1530. The van der Waals surface area contributed by atoms with E-state index in [1.807, 2.05) is 0 Å². The molecular formula is C58H98O2. The Labute approximate surface area is 372 Å². The molecule has 6 saturated carbocycles. The minimum atomic E-state index is -0.0794. The van der Waals surface area contributed by atoms with E-state index in [1.54, 1.807) is 5.57 Å². The number of carbonyl (C=O) groups is 1. The number of aliphatic hydroxyl groups is 1. The van der Waals surface area contributed by atoms with Crippen LogP contribution in [0.2, 0.25) is 0 Å². The van der Waals surface area contributed by atoms with E-state index >= 15 is 0 Å². The Hall–Kier alpha value is -0.890. The maximum atomic E-state index is 12.1. The topological polar surface area (TPSA) is 37.3 Å². The van der Waals surface area contributed by atoms with Crippen LogP contribution in [0.4, 0.5) is 0 Å². The minimum absolute atomic E-state index is 0.0794. The zero-order valence-electron chi connectivity index (χ0n) is 41.7. The summed E-state index contributed by atoms with van der Waals surface area (Å²) >= 11 is 0. The largest absolute Gasteiger partial charge is 0.393 e. The lowest BCUT2D eigenvalue weighted by atomic mass is 9.46. The van der Waals surface area contributed by atoms with E-state index in [2.05, 4.69) is 95.2 Å². The van der Waals surface area contributed by atoms with Crippen molar-refractivity contribution in [3.8, 4) is 0 Å². The molecule has 0 spiro atoms. The van der Waals surface area contributed by atoms with Crippen LogP contribution in [0.5, 0.6) is 0 Å². The number of rotatable bonds is 12. The van der Waals surface area contributed by atoms with E-state index in [-0.39, 0.29) is 6.10 Å². The number of fused-ring (bicyclic) bond motifs is 10.